The van der Waals surface area contributed by atoms with Gasteiger partial charge in [0.15, 0.2) is 5.96 Å². The van der Waals surface area contributed by atoms with Crippen molar-refractivity contribution < 1.29 is 4.79 Å². The molecular formula is C7H7ClN4O. The van der Waals surface area contributed by atoms with Crippen LogP contribution in [0.5, 0.6) is 0 Å². The molecule has 0 fully saturated rings. The third kappa shape index (κ3) is 2.72. The highest BCUT2D eigenvalue weighted by Gasteiger charge is 2.04. The summed E-state index contributed by atoms with van der Waals surface area (Å²) in [6.07, 6.45) is 1.40. The lowest BCUT2D eigenvalue weighted by atomic mass is 10.2. The van der Waals surface area contributed by atoms with Gasteiger partial charge < -0.3 is 11.5 Å². The second-order valence-corrected chi connectivity index (χ2v) is 2.60. The molecule has 13 heavy (non-hydrogen) atoms. The number of amides is 1. The first-order chi connectivity index (χ1) is 6.09. The standard InChI is InChI=1S/C7H7ClN4O/c8-5-3-4(1-2-11-5)6(13)12-7(9)10/h1-3H,(H4,9,10,12,13). The number of pyridine rings is 1. The van der Waals surface area contributed by atoms with Crippen molar-refractivity contribution in [2.75, 3.05) is 0 Å². The number of rotatable bonds is 1. The molecule has 0 aliphatic heterocycles. The van der Waals surface area contributed by atoms with Gasteiger partial charge in [-0.2, -0.15) is 4.99 Å². The maximum Gasteiger partial charge on any atom is 0.280 e. The van der Waals surface area contributed by atoms with Gasteiger partial charge in [0.25, 0.3) is 5.91 Å². The van der Waals surface area contributed by atoms with Crippen molar-refractivity contribution in [3.05, 3.63) is 29.0 Å². The molecule has 4 N–H and O–H groups in total. The van der Waals surface area contributed by atoms with Gasteiger partial charge in [0.2, 0.25) is 0 Å². The first-order valence-corrected chi connectivity index (χ1v) is 3.73. The minimum atomic E-state index is -0.538. The van der Waals surface area contributed by atoms with Crippen LogP contribution < -0.4 is 11.5 Å². The highest BCUT2D eigenvalue weighted by molar-refractivity contribution is 6.29. The van der Waals surface area contributed by atoms with Crippen molar-refractivity contribution in [2.45, 2.75) is 0 Å². The van der Waals surface area contributed by atoms with E-state index in [4.69, 9.17) is 23.1 Å². The average Bonchev–Trinajstić information content (AvgIpc) is 2.03. The number of halogens is 1. The maximum atomic E-state index is 11.2. The summed E-state index contributed by atoms with van der Waals surface area (Å²) in [4.78, 5) is 18.2. The van der Waals surface area contributed by atoms with Crippen molar-refractivity contribution in [1.29, 1.82) is 0 Å². The highest BCUT2D eigenvalue weighted by Crippen LogP contribution is 2.07. The fourth-order valence-corrected chi connectivity index (χ4v) is 0.891. The van der Waals surface area contributed by atoms with E-state index in [1.807, 2.05) is 0 Å². The smallest absolute Gasteiger partial charge is 0.280 e. The number of nitrogens with zero attached hydrogens (tertiary/aromatic N) is 2. The van der Waals surface area contributed by atoms with Crippen LogP contribution in [0.1, 0.15) is 10.4 Å². The van der Waals surface area contributed by atoms with Crippen molar-refractivity contribution in [1.82, 2.24) is 4.98 Å². The lowest BCUT2D eigenvalue weighted by Crippen LogP contribution is -2.24. The van der Waals surface area contributed by atoms with Crippen LogP contribution in [0.15, 0.2) is 23.3 Å². The number of carbonyl (C=O) groups excluding carboxylic acids is 1. The normalized spacial score (nSPS) is 9.31. The van der Waals surface area contributed by atoms with E-state index in [-0.39, 0.29) is 11.1 Å². The van der Waals surface area contributed by atoms with E-state index in [1.54, 1.807) is 0 Å². The summed E-state index contributed by atoms with van der Waals surface area (Å²) in [6, 6.07) is 2.86. The van der Waals surface area contributed by atoms with Crippen LogP contribution in [0.3, 0.4) is 0 Å². The molecule has 1 aromatic rings. The van der Waals surface area contributed by atoms with E-state index in [1.165, 1.54) is 18.3 Å². The molecule has 1 rings (SSSR count). The SMILES string of the molecule is NC(N)=NC(=O)c1ccnc(Cl)c1. The minimum absolute atomic E-state index is 0.219. The molecule has 0 saturated heterocycles. The number of guanidine groups is 1. The molecule has 0 radical (unpaired) electrons. The van der Waals surface area contributed by atoms with Crippen LogP contribution in [0, 0.1) is 0 Å². The van der Waals surface area contributed by atoms with E-state index in [2.05, 4.69) is 9.98 Å². The summed E-state index contributed by atoms with van der Waals surface area (Å²) >= 11 is 5.55. The number of nitrogens with two attached hydrogens (primary N) is 2. The number of hydrogen-bond donors (Lipinski definition) is 2. The third-order valence-electron chi connectivity index (χ3n) is 1.20. The number of carbonyl (C=O) groups is 1. The number of aromatic nitrogens is 1. The van der Waals surface area contributed by atoms with Crippen molar-refractivity contribution >= 4 is 23.5 Å². The van der Waals surface area contributed by atoms with Gasteiger partial charge in [0, 0.05) is 11.8 Å². The Morgan fingerprint density at radius 1 is 1.54 bits per heavy atom. The molecule has 0 atom stereocenters. The van der Waals surface area contributed by atoms with Gasteiger partial charge in [0.05, 0.1) is 0 Å². The average molecular weight is 199 g/mol. The summed E-state index contributed by atoms with van der Waals surface area (Å²) in [5.41, 5.74) is 10.4. The second kappa shape index (κ2) is 3.86. The van der Waals surface area contributed by atoms with E-state index in [0.29, 0.717) is 5.56 Å². The predicted molar refractivity (Wildman–Crippen MR) is 49.4 cm³/mol. The van der Waals surface area contributed by atoms with Crippen LogP contribution in [0.4, 0.5) is 0 Å². The van der Waals surface area contributed by atoms with Crippen molar-refractivity contribution in [2.24, 2.45) is 16.5 Å². The quantitative estimate of drug-likeness (QED) is 0.382. The fourth-order valence-electron chi connectivity index (χ4n) is 0.717. The van der Waals surface area contributed by atoms with Gasteiger partial charge in [-0.15, -0.1) is 0 Å². The molecule has 0 aliphatic carbocycles. The van der Waals surface area contributed by atoms with Gasteiger partial charge in [-0.1, -0.05) is 11.6 Å². The Hall–Kier alpha value is -1.62. The van der Waals surface area contributed by atoms with Crippen molar-refractivity contribution in [3.8, 4) is 0 Å². The summed E-state index contributed by atoms with van der Waals surface area (Å²) < 4.78 is 0. The zero-order valence-corrected chi connectivity index (χ0v) is 7.32. The highest BCUT2D eigenvalue weighted by atomic mass is 35.5. The molecular weight excluding hydrogens is 192 g/mol. The Balaban J connectivity index is 2.96. The summed E-state index contributed by atoms with van der Waals surface area (Å²) in [5.74, 6) is -0.817. The third-order valence-corrected chi connectivity index (χ3v) is 1.41. The molecule has 0 spiro atoms. The minimum Gasteiger partial charge on any atom is -0.370 e. The lowest BCUT2D eigenvalue weighted by molar-refractivity contribution is 0.100. The monoisotopic (exact) mass is 198 g/mol. The van der Waals surface area contributed by atoms with Gasteiger partial charge >= 0.3 is 0 Å². The molecule has 6 heteroatoms. The largest absolute Gasteiger partial charge is 0.370 e. The molecule has 0 bridgehead atoms. The van der Waals surface area contributed by atoms with Gasteiger partial charge in [-0.05, 0) is 12.1 Å². The van der Waals surface area contributed by atoms with Gasteiger partial charge in [-0.25, -0.2) is 4.98 Å². The van der Waals surface area contributed by atoms with Crippen LogP contribution in [0.2, 0.25) is 5.15 Å². The Bertz CT molecular complexity index is 359. The molecule has 0 aliphatic rings. The molecule has 5 nitrogen and oxygen atoms in total. The van der Waals surface area contributed by atoms with Crippen molar-refractivity contribution in [3.63, 3.8) is 0 Å². The van der Waals surface area contributed by atoms with E-state index in [9.17, 15) is 4.79 Å². The molecule has 0 aromatic carbocycles. The molecule has 1 amide bonds. The Morgan fingerprint density at radius 2 is 2.23 bits per heavy atom. The summed E-state index contributed by atoms with van der Waals surface area (Å²) in [7, 11) is 0. The van der Waals surface area contributed by atoms with Crippen LogP contribution in [0.25, 0.3) is 0 Å². The molecule has 1 heterocycles. The van der Waals surface area contributed by atoms with E-state index < -0.39 is 5.91 Å². The molecule has 0 saturated carbocycles. The Kier molecular flexibility index (Phi) is 2.81. The van der Waals surface area contributed by atoms with E-state index in [0.717, 1.165) is 0 Å². The summed E-state index contributed by atoms with van der Waals surface area (Å²) in [6.45, 7) is 0. The van der Waals surface area contributed by atoms with Gasteiger partial charge in [-0.3, -0.25) is 4.79 Å². The summed E-state index contributed by atoms with van der Waals surface area (Å²) in [5, 5.41) is 0.219. The van der Waals surface area contributed by atoms with Crippen LogP contribution in [-0.2, 0) is 0 Å². The Labute approximate surface area is 79.4 Å². The molecule has 0 unspecified atom stereocenters. The first kappa shape index (κ1) is 9.47. The maximum absolute atomic E-state index is 11.2. The molecule has 68 valence electrons. The van der Waals surface area contributed by atoms with Crippen LogP contribution >= 0.6 is 11.6 Å². The van der Waals surface area contributed by atoms with Gasteiger partial charge in [0.1, 0.15) is 5.15 Å². The van der Waals surface area contributed by atoms with E-state index >= 15 is 0 Å². The molecule has 1 aromatic heterocycles. The topological polar surface area (TPSA) is 94.4 Å². The Morgan fingerprint density at radius 3 is 2.77 bits per heavy atom. The fraction of sp³-hybridized carbons (Fsp3) is 0. The number of aliphatic imine (C=N–C) groups is 1. The second-order valence-electron chi connectivity index (χ2n) is 2.21. The zero-order valence-electron chi connectivity index (χ0n) is 6.57. The predicted octanol–water partition coefficient (Wildman–Crippen LogP) is 0.149. The first-order valence-electron chi connectivity index (χ1n) is 3.35. The zero-order chi connectivity index (χ0) is 9.84. The number of hydrogen-bond acceptors (Lipinski definition) is 2. The van der Waals surface area contributed by atoms with Crippen LogP contribution in [-0.4, -0.2) is 16.9 Å². The lowest BCUT2D eigenvalue weighted by Gasteiger charge is -1.95.